The van der Waals surface area contributed by atoms with Crippen LogP contribution in [0.3, 0.4) is 0 Å². The average molecular weight is 552 g/mol. The molecule has 204 valence electrons. The summed E-state index contributed by atoms with van der Waals surface area (Å²) in [5, 5.41) is 14.9. The Morgan fingerprint density at radius 3 is 2.59 bits per heavy atom. The molecule has 0 bridgehead atoms. The summed E-state index contributed by atoms with van der Waals surface area (Å²) in [6, 6.07) is 13.4. The number of piperidine rings is 1. The molecule has 12 nitrogen and oxygen atoms in total. The highest BCUT2D eigenvalue weighted by atomic mass is 32.2. The van der Waals surface area contributed by atoms with Gasteiger partial charge in [-0.3, -0.25) is 0 Å². The van der Waals surface area contributed by atoms with Crippen molar-refractivity contribution in [3.8, 4) is 17.0 Å². The van der Waals surface area contributed by atoms with Gasteiger partial charge < -0.3 is 20.5 Å². The van der Waals surface area contributed by atoms with Crippen LogP contribution in [0.2, 0.25) is 0 Å². The number of carboxylic acid groups (broad SMARTS) is 1. The standard InChI is InChI=1S/C26H29N7O5S/c1-2-38-20-9-11-21(12-10-20)39(36,37)30-14-17-5-7-18(8-6-17)23-22-24(27)28-16-29-25(22)33(31-23)19-4-3-13-32(15-19)26(34)35/h5-12,16,19,30H,2-4,13-15H2,1H3,(H,34,35)(H2,27,28,29)/t19-/m1/s1. The number of ether oxygens (including phenoxy) is 1. The number of fused-ring (bicyclic) bond motifs is 1. The van der Waals surface area contributed by atoms with Crippen LogP contribution >= 0.6 is 0 Å². The first-order valence-corrected chi connectivity index (χ1v) is 14.0. The van der Waals surface area contributed by atoms with E-state index in [4.69, 9.17) is 15.6 Å². The van der Waals surface area contributed by atoms with Crippen LogP contribution in [0.5, 0.6) is 5.75 Å². The Bertz CT molecular complexity index is 1590. The molecule has 1 aliphatic heterocycles. The van der Waals surface area contributed by atoms with Gasteiger partial charge in [-0.25, -0.2) is 32.6 Å². The fraction of sp³-hybridized carbons (Fsp3) is 0.308. The van der Waals surface area contributed by atoms with Gasteiger partial charge >= 0.3 is 6.09 Å². The van der Waals surface area contributed by atoms with E-state index in [-0.39, 0.29) is 23.3 Å². The lowest BCUT2D eigenvalue weighted by Crippen LogP contribution is -2.40. The molecular formula is C26H29N7O5S. The third kappa shape index (κ3) is 5.49. The molecule has 0 spiro atoms. The average Bonchev–Trinajstić information content (AvgIpc) is 3.34. The van der Waals surface area contributed by atoms with Crippen LogP contribution in [0, 0.1) is 0 Å². The third-order valence-electron chi connectivity index (χ3n) is 6.67. The SMILES string of the molecule is CCOc1ccc(S(=O)(=O)NCc2ccc(-c3nn([C@@H]4CCCN(C(=O)O)C4)c4ncnc(N)c34)cc2)cc1. The lowest BCUT2D eigenvalue weighted by Gasteiger charge is -2.30. The van der Waals surface area contributed by atoms with Crippen molar-refractivity contribution in [1.82, 2.24) is 29.4 Å². The van der Waals surface area contributed by atoms with Gasteiger partial charge in [0.25, 0.3) is 0 Å². The third-order valence-corrected chi connectivity index (χ3v) is 8.09. The molecule has 2 aromatic carbocycles. The second-order valence-corrected chi connectivity index (χ2v) is 11.0. The van der Waals surface area contributed by atoms with E-state index in [1.807, 2.05) is 31.2 Å². The van der Waals surface area contributed by atoms with Crippen LogP contribution in [0.25, 0.3) is 22.3 Å². The number of nitrogens with one attached hydrogen (secondary N) is 1. The highest BCUT2D eigenvalue weighted by Gasteiger charge is 2.28. The predicted molar refractivity (Wildman–Crippen MR) is 145 cm³/mol. The van der Waals surface area contributed by atoms with E-state index in [9.17, 15) is 18.3 Å². The van der Waals surface area contributed by atoms with E-state index in [1.165, 1.54) is 23.4 Å². The molecule has 1 saturated heterocycles. The number of benzene rings is 2. The minimum atomic E-state index is -3.71. The van der Waals surface area contributed by atoms with Crippen molar-refractivity contribution in [2.45, 2.75) is 37.2 Å². The number of nitrogen functional groups attached to an aromatic ring is 1. The largest absolute Gasteiger partial charge is 0.494 e. The van der Waals surface area contributed by atoms with E-state index < -0.39 is 16.1 Å². The summed E-state index contributed by atoms with van der Waals surface area (Å²) >= 11 is 0. The zero-order valence-electron chi connectivity index (χ0n) is 21.3. The molecule has 13 heteroatoms. The highest BCUT2D eigenvalue weighted by Crippen LogP contribution is 2.34. The van der Waals surface area contributed by atoms with Crippen molar-refractivity contribution in [3.05, 3.63) is 60.4 Å². The van der Waals surface area contributed by atoms with E-state index >= 15 is 0 Å². The van der Waals surface area contributed by atoms with E-state index in [0.29, 0.717) is 42.2 Å². The van der Waals surface area contributed by atoms with Crippen molar-refractivity contribution in [2.75, 3.05) is 25.4 Å². The molecule has 0 saturated carbocycles. The van der Waals surface area contributed by atoms with Crippen LogP contribution in [0.15, 0.2) is 59.8 Å². The summed E-state index contributed by atoms with van der Waals surface area (Å²) in [6.45, 7) is 3.25. The fourth-order valence-electron chi connectivity index (χ4n) is 4.70. The smallest absolute Gasteiger partial charge is 0.407 e. The maximum absolute atomic E-state index is 12.7. The van der Waals surface area contributed by atoms with Gasteiger partial charge in [0.05, 0.1) is 22.9 Å². The summed E-state index contributed by atoms with van der Waals surface area (Å²) < 4.78 is 35.2. The van der Waals surface area contributed by atoms with E-state index in [1.54, 1.807) is 16.8 Å². The van der Waals surface area contributed by atoms with E-state index in [2.05, 4.69) is 14.7 Å². The number of sulfonamides is 1. The first-order valence-electron chi connectivity index (χ1n) is 12.5. The maximum Gasteiger partial charge on any atom is 0.407 e. The van der Waals surface area contributed by atoms with Crippen molar-refractivity contribution >= 4 is 33.0 Å². The summed E-state index contributed by atoms with van der Waals surface area (Å²) in [7, 11) is -3.71. The number of hydrogen-bond acceptors (Lipinski definition) is 8. The van der Waals surface area contributed by atoms with Crippen LogP contribution in [0.1, 0.15) is 31.4 Å². The number of likely N-dealkylation sites (tertiary alicyclic amines) is 1. The number of anilines is 1. The number of aromatic nitrogens is 4. The van der Waals surface area contributed by atoms with Gasteiger partial charge in [-0.05, 0) is 49.6 Å². The number of nitrogens with zero attached hydrogens (tertiary/aromatic N) is 5. The van der Waals surface area contributed by atoms with Crippen molar-refractivity contribution < 1.29 is 23.1 Å². The zero-order valence-corrected chi connectivity index (χ0v) is 22.1. The van der Waals surface area contributed by atoms with Crippen molar-refractivity contribution in [2.24, 2.45) is 0 Å². The first-order chi connectivity index (χ1) is 18.8. The molecule has 4 N–H and O–H groups in total. The Balaban J connectivity index is 1.37. The normalized spacial score (nSPS) is 15.9. The van der Waals surface area contributed by atoms with E-state index in [0.717, 1.165) is 24.0 Å². The topological polar surface area (TPSA) is 166 Å². The number of hydrogen-bond donors (Lipinski definition) is 3. The van der Waals surface area contributed by atoms with Crippen LogP contribution in [-0.2, 0) is 16.6 Å². The zero-order chi connectivity index (χ0) is 27.6. The maximum atomic E-state index is 12.7. The Labute approximate surface area is 225 Å². The summed E-state index contributed by atoms with van der Waals surface area (Å²) in [6.07, 6.45) is 1.89. The molecule has 0 radical (unpaired) electrons. The molecule has 1 fully saturated rings. The molecule has 3 heterocycles. The molecule has 1 amide bonds. The fourth-order valence-corrected chi connectivity index (χ4v) is 5.72. The number of carbonyl (C=O) groups is 1. The van der Waals surface area contributed by atoms with Gasteiger partial charge in [-0.2, -0.15) is 5.10 Å². The van der Waals surface area contributed by atoms with Gasteiger partial charge in [0.15, 0.2) is 5.65 Å². The Morgan fingerprint density at radius 1 is 1.15 bits per heavy atom. The molecule has 0 unspecified atom stereocenters. The molecule has 4 aromatic rings. The Hall–Kier alpha value is -4.23. The molecule has 39 heavy (non-hydrogen) atoms. The molecule has 5 rings (SSSR count). The molecule has 2 aromatic heterocycles. The molecular weight excluding hydrogens is 522 g/mol. The van der Waals surface area contributed by atoms with Gasteiger partial charge in [-0.1, -0.05) is 24.3 Å². The monoisotopic (exact) mass is 551 g/mol. The first kappa shape index (κ1) is 26.4. The number of amides is 1. The molecule has 0 aliphatic carbocycles. The lowest BCUT2D eigenvalue weighted by molar-refractivity contribution is 0.120. The summed E-state index contributed by atoms with van der Waals surface area (Å²) in [5.74, 6) is 0.884. The number of nitrogens with two attached hydrogens (primary N) is 1. The minimum absolute atomic E-state index is 0.101. The van der Waals surface area contributed by atoms with Gasteiger partial charge in [0.1, 0.15) is 23.6 Å². The second-order valence-electron chi connectivity index (χ2n) is 9.20. The Morgan fingerprint density at radius 2 is 1.90 bits per heavy atom. The quantitative estimate of drug-likeness (QED) is 0.298. The molecule has 1 atom stereocenters. The van der Waals surface area contributed by atoms with Gasteiger partial charge in [-0.15, -0.1) is 0 Å². The predicted octanol–water partition coefficient (Wildman–Crippen LogP) is 3.27. The second kappa shape index (κ2) is 10.9. The van der Waals surface area contributed by atoms with Crippen LogP contribution < -0.4 is 15.2 Å². The summed E-state index contributed by atoms with van der Waals surface area (Å²) in [4.78, 5) is 21.6. The number of rotatable bonds is 8. The van der Waals surface area contributed by atoms with Gasteiger partial charge in [0, 0.05) is 25.2 Å². The van der Waals surface area contributed by atoms with Gasteiger partial charge in [0.2, 0.25) is 10.0 Å². The Kier molecular flexibility index (Phi) is 7.35. The molecule has 1 aliphatic rings. The van der Waals surface area contributed by atoms with Crippen molar-refractivity contribution in [1.29, 1.82) is 0 Å². The highest BCUT2D eigenvalue weighted by molar-refractivity contribution is 7.89. The van der Waals surface area contributed by atoms with Crippen LogP contribution in [0.4, 0.5) is 10.6 Å². The lowest BCUT2D eigenvalue weighted by atomic mass is 10.1. The van der Waals surface area contributed by atoms with Crippen molar-refractivity contribution in [3.63, 3.8) is 0 Å². The minimum Gasteiger partial charge on any atom is -0.494 e. The van der Waals surface area contributed by atoms with Crippen LogP contribution in [-0.4, -0.2) is 64.0 Å². The summed E-state index contributed by atoms with van der Waals surface area (Å²) in [5.41, 5.74) is 8.86.